The smallest absolute Gasteiger partial charge is 0.240 e. The molecule has 47 heavy (non-hydrogen) atoms. The van der Waals surface area contributed by atoms with E-state index in [0.717, 1.165) is 64.2 Å². The first-order valence-electron chi connectivity index (χ1n) is 19.5. The molecular formula is C41H73N3O3. The number of carbonyl (C=O) groups is 3. The van der Waals surface area contributed by atoms with E-state index in [-0.39, 0.29) is 11.8 Å². The molecule has 0 saturated carbocycles. The van der Waals surface area contributed by atoms with Crippen molar-refractivity contribution >= 4 is 17.7 Å². The maximum Gasteiger partial charge on any atom is 0.240 e. The third kappa shape index (κ3) is 34.5. The molecule has 0 saturated heterocycles. The van der Waals surface area contributed by atoms with E-state index in [0.29, 0.717) is 32.2 Å². The van der Waals surface area contributed by atoms with Crippen LogP contribution in [0, 0.1) is 0 Å². The number of hydrogen-bond acceptors (Lipinski definition) is 3. The van der Waals surface area contributed by atoms with E-state index < -0.39 is 11.9 Å². The lowest BCUT2D eigenvalue weighted by Crippen LogP contribution is -2.44. The first kappa shape index (κ1) is 44.4. The zero-order chi connectivity index (χ0) is 34.5. The van der Waals surface area contributed by atoms with E-state index in [1.807, 2.05) is 0 Å². The average Bonchev–Trinajstić information content (AvgIpc) is 3.06. The average molecular weight is 656 g/mol. The van der Waals surface area contributed by atoms with Crippen molar-refractivity contribution in [2.75, 3.05) is 6.54 Å². The van der Waals surface area contributed by atoms with Gasteiger partial charge in [0.1, 0.15) is 6.04 Å². The highest BCUT2D eigenvalue weighted by Gasteiger charge is 2.17. The molecule has 0 fully saturated rings. The molecule has 0 aromatic rings. The van der Waals surface area contributed by atoms with Crippen molar-refractivity contribution in [2.24, 2.45) is 5.73 Å². The van der Waals surface area contributed by atoms with Crippen LogP contribution in [0.1, 0.15) is 181 Å². The first-order valence-corrected chi connectivity index (χ1v) is 19.5. The lowest BCUT2D eigenvalue weighted by atomic mass is 10.1. The fourth-order valence-corrected chi connectivity index (χ4v) is 5.37. The Hall–Kier alpha value is -2.63. The van der Waals surface area contributed by atoms with Gasteiger partial charge >= 0.3 is 0 Å². The zero-order valence-electron chi connectivity index (χ0n) is 30.6. The van der Waals surface area contributed by atoms with Crippen LogP contribution >= 0.6 is 0 Å². The maximum absolute atomic E-state index is 12.3. The molecule has 1 atom stereocenters. The Morgan fingerprint density at radius 2 is 0.915 bits per heavy atom. The van der Waals surface area contributed by atoms with Gasteiger partial charge in [0.25, 0.3) is 0 Å². The minimum atomic E-state index is -0.681. The van der Waals surface area contributed by atoms with E-state index in [9.17, 15) is 14.4 Å². The number of nitrogens with two attached hydrogens (primary N) is 1. The van der Waals surface area contributed by atoms with E-state index in [2.05, 4.69) is 73.1 Å². The van der Waals surface area contributed by atoms with Crippen molar-refractivity contribution in [3.8, 4) is 0 Å². The summed E-state index contributed by atoms with van der Waals surface area (Å²) in [7, 11) is 0. The SMILES string of the molecule is CCCCC/C=C\C/C=C\CCCCCCCC(=O)NCCCC(NC(=O)CCCCCCC/C=C\C/C=C\CCCCC)C(N)=O. The molecule has 0 radical (unpaired) electrons. The van der Waals surface area contributed by atoms with Gasteiger partial charge < -0.3 is 16.4 Å². The number of unbranched alkanes of at least 4 members (excludes halogenated alkanes) is 16. The number of hydrogen-bond donors (Lipinski definition) is 3. The second-order valence-electron chi connectivity index (χ2n) is 13.0. The van der Waals surface area contributed by atoms with Gasteiger partial charge in [-0.15, -0.1) is 0 Å². The van der Waals surface area contributed by atoms with Crippen LogP contribution in [0.25, 0.3) is 0 Å². The van der Waals surface area contributed by atoms with Crippen LogP contribution in [0.15, 0.2) is 48.6 Å². The minimum absolute atomic E-state index is 0.0525. The van der Waals surface area contributed by atoms with Gasteiger partial charge in [-0.3, -0.25) is 14.4 Å². The van der Waals surface area contributed by atoms with Crippen molar-refractivity contribution in [2.45, 2.75) is 187 Å². The van der Waals surface area contributed by atoms with Crippen LogP contribution in [0.5, 0.6) is 0 Å². The van der Waals surface area contributed by atoms with Gasteiger partial charge in [-0.2, -0.15) is 0 Å². The number of amides is 3. The third-order valence-corrected chi connectivity index (χ3v) is 8.38. The van der Waals surface area contributed by atoms with Crippen molar-refractivity contribution in [3.05, 3.63) is 48.6 Å². The van der Waals surface area contributed by atoms with Gasteiger partial charge in [-0.05, 0) is 89.9 Å². The van der Waals surface area contributed by atoms with Gasteiger partial charge in [0, 0.05) is 19.4 Å². The van der Waals surface area contributed by atoms with Crippen LogP contribution in [-0.4, -0.2) is 30.3 Å². The highest BCUT2D eigenvalue weighted by molar-refractivity contribution is 5.86. The predicted octanol–water partition coefficient (Wildman–Crippen LogP) is 10.5. The third-order valence-electron chi connectivity index (χ3n) is 8.38. The molecule has 4 N–H and O–H groups in total. The first-order chi connectivity index (χ1) is 23.0. The summed E-state index contributed by atoms with van der Waals surface area (Å²) in [5.41, 5.74) is 5.53. The summed E-state index contributed by atoms with van der Waals surface area (Å²) < 4.78 is 0. The molecule has 0 aliphatic heterocycles. The Balaban J connectivity index is 3.71. The highest BCUT2D eigenvalue weighted by atomic mass is 16.2. The van der Waals surface area contributed by atoms with E-state index in [1.165, 1.54) is 77.0 Å². The summed E-state index contributed by atoms with van der Waals surface area (Å²) in [6.07, 6.45) is 45.5. The van der Waals surface area contributed by atoms with Crippen molar-refractivity contribution < 1.29 is 14.4 Å². The fraction of sp³-hybridized carbons (Fsp3) is 0.732. The number of primary amides is 1. The normalized spacial score (nSPS) is 12.6. The summed E-state index contributed by atoms with van der Waals surface area (Å²) in [5.74, 6) is -0.587. The quantitative estimate of drug-likeness (QED) is 0.0475. The summed E-state index contributed by atoms with van der Waals surface area (Å²) in [4.78, 5) is 36.4. The lowest BCUT2D eigenvalue weighted by molar-refractivity contribution is -0.127. The molecule has 0 rings (SSSR count). The topological polar surface area (TPSA) is 101 Å². The molecular weight excluding hydrogens is 582 g/mol. The molecule has 270 valence electrons. The Kier molecular flexibility index (Phi) is 34.2. The number of allylic oxidation sites excluding steroid dienone is 8. The Morgan fingerprint density at radius 3 is 1.36 bits per heavy atom. The van der Waals surface area contributed by atoms with Crippen molar-refractivity contribution in [1.29, 1.82) is 0 Å². The molecule has 0 aromatic carbocycles. The molecule has 6 heteroatoms. The molecule has 0 heterocycles. The van der Waals surface area contributed by atoms with Gasteiger partial charge in [0.05, 0.1) is 0 Å². The second kappa shape index (κ2) is 36.2. The van der Waals surface area contributed by atoms with Crippen molar-refractivity contribution in [1.82, 2.24) is 10.6 Å². The fourth-order valence-electron chi connectivity index (χ4n) is 5.37. The molecule has 6 nitrogen and oxygen atoms in total. The molecule has 0 aromatic heterocycles. The van der Waals surface area contributed by atoms with Gasteiger partial charge in [0.2, 0.25) is 17.7 Å². The van der Waals surface area contributed by atoms with Crippen LogP contribution in [-0.2, 0) is 14.4 Å². The summed E-state index contributed by atoms with van der Waals surface area (Å²) in [6.45, 7) is 4.96. The second-order valence-corrected chi connectivity index (χ2v) is 13.0. The molecule has 1 unspecified atom stereocenters. The maximum atomic E-state index is 12.3. The molecule has 3 amide bonds. The zero-order valence-corrected chi connectivity index (χ0v) is 30.6. The van der Waals surface area contributed by atoms with Crippen LogP contribution in [0.3, 0.4) is 0 Å². The number of rotatable bonds is 34. The van der Waals surface area contributed by atoms with Crippen molar-refractivity contribution in [3.63, 3.8) is 0 Å². The predicted molar refractivity (Wildman–Crippen MR) is 202 cm³/mol. The van der Waals surface area contributed by atoms with E-state index in [1.54, 1.807) is 0 Å². The van der Waals surface area contributed by atoms with Gasteiger partial charge in [-0.1, -0.05) is 127 Å². The standard InChI is InChI=1S/C41H73N3O3/c1-3-5-7-9-11-13-15-17-19-21-23-25-27-29-31-35-39(45)43-37-33-34-38(41(42)47)44-40(46)36-32-30-28-26-24-22-20-18-16-14-12-10-8-6-4-2/h11-14,17-20,38H,3-10,15-16,21-37H2,1-2H3,(H2,42,47)(H,43,45)(H,44,46)/b13-11-,14-12-,19-17-,20-18-. The van der Waals surface area contributed by atoms with Crippen LogP contribution < -0.4 is 16.4 Å². The van der Waals surface area contributed by atoms with Gasteiger partial charge in [-0.25, -0.2) is 0 Å². The Bertz CT molecular complexity index is 862. The van der Waals surface area contributed by atoms with Gasteiger partial charge in [0.15, 0.2) is 0 Å². The van der Waals surface area contributed by atoms with Crippen LogP contribution in [0.4, 0.5) is 0 Å². The Labute approximate surface area is 290 Å². The number of carbonyl (C=O) groups excluding carboxylic acids is 3. The van der Waals surface area contributed by atoms with E-state index in [4.69, 9.17) is 5.73 Å². The summed E-state index contributed by atoms with van der Waals surface area (Å²) >= 11 is 0. The summed E-state index contributed by atoms with van der Waals surface area (Å²) in [6, 6.07) is -0.681. The highest BCUT2D eigenvalue weighted by Crippen LogP contribution is 2.10. The largest absolute Gasteiger partial charge is 0.368 e. The minimum Gasteiger partial charge on any atom is -0.368 e. The molecule has 0 aliphatic carbocycles. The lowest BCUT2D eigenvalue weighted by Gasteiger charge is -2.15. The monoisotopic (exact) mass is 656 g/mol. The van der Waals surface area contributed by atoms with E-state index >= 15 is 0 Å². The molecule has 0 aliphatic rings. The summed E-state index contributed by atoms with van der Waals surface area (Å²) in [5, 5.41) is 5.73. The Morgan fingerprint density at radius 1 is 0.511 bits per heavy atom. The molecule has 0 spiro atoms. The number of nitrogens with one attached hydrogen (secondary N) is 2. The molecule has 0 bridgehead atoms. The van der Waals surface area contributed by atoms with Crippen LogP contribution in [0.2, 0.25) is 0 Å².